The highest BCUT2D eigenvalue weighted by Crippen LogP contribution is 2.34. The number of amides is 1. The van der Waals surface area contributed by atoms with E-state index in [4.69, 9.17) is 14.2 Å². The van der Waals surface area contributed by atoms with E-state index >= 15 is 0 Å². The van der Waals surface area contributed by atoms with Gasteiger partial charge in [0.25, 0.3) is 5.91 Å². The normalized spacial score (nSPS) is 20.0. The molecule has 9 heteroatoms. The third-order valence-corrected chi connectivity index (χ3v) is 6.04. The molecule has 2 aliphatic heterocycles. The van der Waals surface area contributed by atoms with E-state index in [0.29, 0.717) is 53.6 Å². The fourth-order valence-electron chi connectivity index (χ4n) is 4.61. The molecule has 34 heavy (non-hydrogen) atoms. The highest BCUT2D eigenvalue weighted by Gasteiger charge is 2.25. The Morgan fingerprint density at radius 3 is 2.65 bits per heavy atom. The maximum absolute atomic E-state index is 13.3. The summed E-state index contributed by atoms with van der Waals surface area (Å²) in [6.45, 7) is 7.24. The summed E-state index contributed by atoms with van der Waals surface area (Å²) < 4.78 is 16.7. The van der Waals surface area contributed by atoms with Crippen LogP contribution >= 0.6 is 0 Å². The summed E-state index contributed by atoms with van der Waals surface area (Å²) in [5.74, 6) is 1.04. The number of benzene rings is 2. The SMILES string of the molecule is COc1ncc2c(N3C[C@H](C)N[C@@H](C)C3)ccc(C(=O)Nc3ccc4c(c3)OCCCO4)c2n1. The molecule has 0 radical (unpaired) electrons. The lowest BCUT2D eigenvalue weighted by Gasteiger charge is -2.38. The van der Waals surface area contributed by atoms with Crippen molar-refractivity contribution in [1.82, 2.24) is 15.3 Å². The van der Waals surface area contributed by atoms with Crippen molar-refractivity contribution in [2.24, 2.45) is 0 Å². The number of carbonyl (C=O) groups is 1. The molecule has 0 aliphatic carbocycles. The zero-order valence-electron chi connectivity index (χ0n) is 19.6. The molecule has 2 aliphatic rings. The van der Waals surface area contributed by atoms with Gasteiger partial charge in [0.1, 0.15) is 0 Å². The second-order valence-corrected chi connectivity index (χ2v) is 8.79. The number of rotatable bonds is 4. The smallest absolute Gasteiger partial charge is 0.316 e. The van der Waals surface area contributed by atoms with Crippen molar-refractivity contribution in [3.05, 3.63) is 42.1 Å². The van der Waals surface area contributed by atoms with Gasteiger partial charge in [0.05, 0.1) is 31.4 Å². The molecule has 5 rings (SSSR count). The largest absolute Gasteiger partial charge is 0.490 e. The van der Waals surface area contributed by atoms with Crippen LogP contribution in [0.15, 0.2) is 36.5 Å². The lowest BCUT2D eigenvalue weighted by atomic mass is 10.0. The van der Waals surface area contributed by atoms with Gasteiger partial charge < -0.3 is 29.7 Å². The number of carbonyl (C=O) groups excluding carboxylic acids is 1. The second-order valence-electron chi connectivity index (χ2n) is 8.79. The van der Waals surface area contributed by atoms with Crippen LogP contribution in [0.1, 0.15) is 30.6 Å². The van der Waals surface area contributed by atoms with Crippen LogP contribution in [0.5, 0.6) is 17.5 Å². The first-order chi connectivity index (χ1) is 16.5. The molecule has 1 fully saturated rings. The highest BCUT2D eigenvalue weighted by atomic mass is 16.5. The molecule has 1 aromatic heterocycles. The number of aromatic nitrogens is 2. The zero-order chi connectivity index (χ0) is 23.7. The summed E-state index contributed by atoms with van der Waals surface area (Å²) in [6.07, 6.45) is 2.55. The van der Waals surface area contributed by atoms with Gasteiger partial charge in [0.2, 0.25) is 0 Å². The summed E-state index contributed by atoms with van der Waals surface area (Å²) in [5, 5.41) is 7.34. The van der Waals surface area contributed by atoms with Crippen molar-refractivity contribution in [1.29, 1.82) is 0 Å². The third-order valence-electron chi connectivity index (χ3n) is 6.04. The van der Waals surface area contributed by atoms with Gasteiger partial charge in [-0.25, -0.2) is 4.98 Å². The van der Waals surface area contributed by atoms with E-state index in [2.05, 4.69) is 39.3 Å². The molecule has 3 heterocycles. The first-order valence-electron chi connectivity index (χ1n) is 11.6. The molecule has 1 saturated heterocycles. The average Bonchev–Trinajstić information content (AvgIpc) is 3.07. The van der Waals surface area contributed by atoms with Crippen molar-refractivity contribution >= 4 is 28.2 Å². The van der Waals surface area contributed by atoms with E-state index in [1.54, 1.807) is 18.3 Å². The van der Waals surface area contributed by atoms with Gasteiger partial charge in [-0.05, 0) is 38.1 Å². The van der Waals surface area contributed by atoms with Gasteiger partial charge in [-0.2, -0.15) is 4.98 Å². The fourth-order valence-corrected chi connectivity index (χ4v) is 4.61. The Labute approximate surface area is 198 Å². The summed E-state index contributed by atoms with van der Waals surface area (Å²) in [5.41, 5.74) is 2.63. The molecular formula is C25H29N5O4. The summed E-state index contributed by atoms with van der Waals surface area (Å²) in [4.78, 5) is 24.5. The number of hydrogen-bond acceptors (Lipinski definition) is 8. The lowest BCUT2D eigenvalue weighted by Crippen LogP contribution is -2.54. The number of fused-ring (bicyclic) bond motifs is 2. The standard InChI is InChI=1S/C25H29N5O4/c1-15-13-30(14-16(2)27-15)20-7-6-18(23-19(20)12-26-25(29-23)32-3)24(31)28-17-5-8-21-22(11-17)34-10-4-9-33-21/h5-8,11-12,15-16,27H,4,9-10,13-14H2,1-3H3,(H,28,31)/t15-,16-/m0/s1. The Balaban J connectivity index is 1.49. The van der Waals surface area contributed by atoms with Gasteiger partial charge in [-0.3, -0.25) is 4.79 Å². The number of nitrogens with one attached hydrogen (secondary N) is 2. The topological polar surface area (TPSA) is 97.8 Å². The summed E-state index contributed by atoms with van der Waals surface area (Å²) in [7, 11) is 1.52. The van der Waals surface area contributed by atoms with E-state index in [1.165, 1.54) is 7.11 Å². The number of piperazine rings is 1. The van der Waals surface area contributed by atoms with Crippen LogP contribution in [0.4, 0.5) is 11.4 Å². The summed E-state index contributed by atoms with van der Waals surface area (Å²) >= 11 is 0. The molecule has 3 aromatic rings. The Morgan fingerprint density at radius 1 is 1.12 bits per heavy atom. The Hall–Kier alpha value is -3.59. The number of methoxy groups -OCH3 is 1. The van der Waals surface area contributed by atoms with Crippen LogP contribution in [0.3, 0.4) is 0 Å². The van der Waals surface area contributed by atoms with Crippen molar-refractivity contribution in [3.8, 4) is 17.5 Å². The molecule has 0 bridgehead atoms. The monoisotopic (exact) mass is 463 g/mol. The van der Waals surface area contributed by atoms with Crippen LogP contribution < -0.4 is 29.7 Å². The van der Waals surface area contributed by atoms with Gasteiger partial charge in [-0.15, -0.1) is 0 Å². The Morgan fingerprint density at radius 2 is 1.88 bits per heavy atom. The predicted molar refractivity (Wildman–Crippen MR) is 130 cm³/mol. The molecule has 0 spiro atoms. The number of anilines is 2. The van der Waals surface area contributed by atoms with Crippen molar-refractivity contribution < 1.29 is 19.0 Å². The molecule has 9 nitrogen and oxygen atoms in total. The van der Waals surface area contributed by atoms with Gasteiger partial charge in [0.15, 0.2) is 11.5 Å². The average molecular weight is 464 g/mol. The van der Waals surface area contributed by atoms with Crippen molar-refractivity contribution in [2.45, 2.75) is 32.4 Å². The number of ether oxygens (including phenoxy) is 3. The van der Waals surface area contributed by atoms with E-state index < -0.39 is 0 Å². The fraction of sp³-hybridized carbons (Fsp3) is 0.400. The van der Waals surface area contributed by atoms with Crippen molar-refractivity contribution in [3.63, 3.8) is 0 Å². The lowest BCUT2D eigenvalue weighted by molar-refractivity contribution is 0.102. The van der Waals surface area contributed by atoms with Crippen LogP contribution in [-0.4, -0.2) is 61.4 Å². The number of nitrogens with zero attached hydrogens (tertiary/aromatic N) is 3. The first kappa shape index (κ1) is 22.2. The minimum absolute atomic E-state index is 0.219. The minimum Gasteiger partial charge on any atom is -0.490 e. The van der Waals surface area contributed by atoms with Crippen LogP contribution in [0.25, 0.3) is 10.9 Å². The molecule has 0 saturated carbocycles. The van der Waals surface area contributed by atoms with Gasteiger partial charge in [0, 0.05) is 60.6 Å². The minimum atomic E-state index is -0.270. The predicted octanol–water partition coefficient (Wildman–Crippen LogP) is 3.24. The van der Waals surface area contributed by atoms with Crippen molar-refractivity contribution in [2.75, 3.05) is 43.6 Å². The quantitative estimate of drug-likeness (QED) is 0.609. The molecule has 2 atom stereocenters. The maximum atomic E-state index is 13.3. The van der Waals surface area contributed by atoms with E-state index in [-0.39, 0.29) is 11.9 Å². The molecule has 2 N–H and O–H groups in total. The summed E-state index contributed by atoms with van der Waals surface area (Å²) in [6, 6.07) is 10.1. The van der Waals surface area contributed by atoms with Crippen LogP contribution in [-0.2, 0) is 0 Å². The van der Waals surface area contributed by atoms with E-state index in [9.17, 15) is 4.79 Å². The van der Waals surface area contributed by atoms with Gasteiger partial charge in [-0.1, -0.05) is 0 Å². The molecule has 0 unspecified atom stereocenters. The first-order valence-corrected chi connectivity index (χ1v) is 11.6. The zero-order valence-corrected chi connectivity index (χ0v) is 19.6. The molecular weight excluding hydrogens is 434 g/mol. The third kappa shape index (κ3) is 4.43. The Bertz CT molecular complexity index is 1210. The Kier molecular flexibility index (Phi) is 6.10. The van der Waals surface area contributed by atoms with Crippen LogP contribution in [0.2, 0.25) is 0 Å². The highest BCUT2D eigenvalue weighted by molar-refractivity contribution is 6.14. The van der Waals surface area contributed by atoms with E-state index in [1.807, 2.05) is 18.2 Å². The molecule has 1 amide bonds. The van der Waals surface area contributed by atoms with Gasteiger partial charge >= 0.3 is 6.01 Å². The number of hydrogen-bond donors (Lipinski definition) is 2. The maximum Gasteiger partial charge on any atom is 0.316 e. The van der Waals surface area contributed by atoms with Crippen LogP contribution in [0, 0.1) is 0 Å². The van der Waals surface area contributed by atoms with E-state index in [0.717, 1.165) is 30.6 Å². The molecule has 178 valence electrons. The second kappa shape index (κ2) is 9.34. The molecule has 2 aromatic carbocycles.